The van der Waals surface area contributed by atoms with Crippen LogP contribution in [0.25, 0.3) is 0 Å². The molecule has 3 rings (SSSR count). The predicted octanol–water partition coefficient (Wildman–Crippen LogP) is 2.97. The van der Waals surface area contributed by atoms with E-state index in [0.717, 1.165) is 23.7 Å². The van der Waals surface area contributed by atoms with Crippen LogP contribution in [0.15, 0.2) is 48.3 Å². The van der Waals surface area contributed by atoms with Gasteiger partial charge >= 0.3 is 0 Å². The largest absolute Gasteiger partial charge is 0.458 e. The lowest BCUT2D eigenvalue weighted by Gasteiger charge is -2.09. The van der Waals surface area contributed by atoms with Crippen LogP contribution in [0.2, 0.25) is 0 Å². The molecular weight excluding hydrogens is 200 g/mol. The van der Waals surface area contributed by atoms with Gasteiger partial charge in [-0.25, -0.2) is 0 Å². The van der Waals surface area contributed by atoms with E-state index in [1.807, 2.05) is 18.2 Å². The van der Waals surface area contributed by atoms with E-state index in [2.05, 4.69) is 12.2 Å². The Kier molecular flexibility index (Phi) is 2.13. The normalized spacial score (nSPS) is 25.6. The third-order valence-corrected chi connectivity index (χ3v) is 3.01. The predicted molar refractivity (Wildman–Crippen MR) is 61.3 cm³/mol. The van der Waals surface area contributed by atoms with Crippen LogP contribution in [0.3, 0.4) is 0 Å². The van der Waals surface area contributed by atoms with Gasteiger partial charge in [-0.2, -0.15) is 0 Å². The zero-order valence-corrected chi connectivity index (χ0v) is 8.80. The van der Waals surface area contributed by atoms with Gasteiger partial charge in [0.05, 0.1) is 0 Å². The van der Waals surface area contributed by atoms with E-state index in [1.165, 1.54) is 6.42 Å². The van der Waals surface area contributed by atoms with Crippen LogP contribution in [0.4, 0.5) is 0 Å². The first kappa shape index (κ1) is 9.40. The van der Waals surface area contributed by atoms with E-state index < -0.39 is 0 Å². The molecule has 0 bridgehead atoms. The first-order valence-corrected chi connectivity index (χ1v) is 5.48. The molecule has 0 N–H and O–H groups in total. The van der Waals surface area contributed by atoms with Crippen molar-refractivity contribution in [3.63, 3.8) is 0 Å². The molecule has 2 aliphatic rings. The Labute approximate surface area is 94.2 Å². The molecule has 0 aromatic heterocycles. The molecule has 16 heavy (non-hydrogen) atoms. The van der Waals surface area contributed by atoms with Crippen LogP contribution < -0.4 is 4.74 Å². The van der Waals surface area contributed by atoms with Gasteiger partial charge in [-0.3, -0.25) is 4.79 Å². The van der Waals surface area contributed by atoms with Crippen molar-refractivity contribution in [3.8, 4) is 5.75 Å². The number of hydrogen-bond donors (Lipinski definition) is 0. The van der Waals surface area contributed by atoms with Gasteiger partial charge < -0.3 is 4.74 Å². The van der Waals surface area contributed by atoms with Crippen molar-refractivity contribution < 1.29 is 9.53 Å². The zero-order valence-electron chi connectivity index (χ0n) is 8.80. The first-order chi connectivity index (χ1) is 7.85. The van der Waals surface area contributed by atoms with E-state index in [9.17, 15) is 4.79 Å². The number of rotatable bonds is 3. The van der Waals surface area contributed by atoms with E-state index >= 15 is 0 Å². The van der Waals surface area contributed by atoms with Crippen molar-refractivity contribution in [3.05, 3.63) is 53.8 Å². The molecule has 2 atom stereocenters. The van der Waals surface area contributed by atoms with Crippen molar-refractivity contribution in [2.45, 2.75) is 6.42 Å². The maximum atomic E-state index is 10.6. The standard InChI is InChI=1S/C14H12O2/c15-9-10-2-1-3-13(6-10)16-14-5-4-11-7-12(11)8-14/h1-6,8-9,11-12H,7H2. The average Bonchev–Trinajstić information content (AvgIpc) is 3.07. The maximum absolute atomic E-state index is 10.6. The van der Waals surface area contributed by atoms with Crippen molar-refractivity contribution >= 4 is 6.29 Å². The molecule has 80 valence electrons. The summed E-state index contributed by atoms with van der Waals surface area (Å²) in [5.74, 6) is 3.03. The molecule has 2 unspecified atom stereocenters. The summed E-state index contributed by atoms with van der Waals surface area (Å²) in [7, 11) is 0. The minimum Gasteiger partial charge on any atom is -0.458 e. The lowest BCUT2D eigenvalue weighted by atomic mass is 10.2. The summed E-state index contributed by atoms with van der Waals surface area (Å²) >= 11 is 0. The monoisotopic (exact) mass is 212 g/mol. The van der Waals surface area contributed by atoms with Crippen LogP contribution in [0.5, 0.6) is 5.75 Å². The second kappa shape index (κ2) is 3.63. The quantitative estimate of drug-likeness (QED) is 0.720. The van der Waals surface area contributed by atoms with Gasteiger partial charge in [-0.05, 0) is 42.5 Å². The van der Waals surface area contributed by atoms with Gasteiger partial charge in [0.2, 0.25) is 0 Å². The van der Waals surface area contributed by atoms with Crippen LogP contribution in [-0.4, -0.2) is 6.29 Å². The molecule has 1 fully saturated rings. The highest BCUT2D eigenvalue weighted by molar-refractivity contribution is 5.75. The highest BCUT2D eigenvalue weighted by Crippen LogP contribution is 2.44. The minimum atomic E-state index is 0.641. The molecule has 1 aromatic carbocycles. The highest BCUT2D eigenvalue weighted by atomic mass is 16.5. The summed E-state index contributed by atoms with van der Waals surface area (Å²) in [4.78, 5) is 10.6. The zero-order chi connectivity index (χ0) is 11.0. The third kappa shape index (κ3) is 1.78. The summed E-state index contributed by atoms with van der Waals surface area (Å²) < 4.78 is 5.71. The SMILES string of the molecule is O=Cc1cccc(OC2=CC3CC3C=C2)c1. The molecule has 0 heterocycles. The van der Waals surface area contributed by atoms with Crippen molar-refractivity contribution in [2.24, 2.45) is 11.8 Å². The number of allylic oxidation sites excluding steroid dienone is 3. The molecule has 0 saturated heterocycles. The van der Waals surface area contributed by atoms with Crippen LogP contribution in [0, 0.1) is 11.8 Å². The molecule has 2 heteroatoms. The molecule has 2 nitrogen and oxygen atoms in total. The number of aldehydes is 1. The second-order valence-corrected chi connectivity index (χ2v) is 4.28. The summed E-state index contributed by atoms with van der Waals surface area (Å²) in [5.41, 5.74) is 0.641. The Bertz CT molecular complexity index is 485. The summed E-state index contributed by atoms with van der Waals surface area (Å²) in [6.07, 6.45) is 8.45. The topological polar surface area (TPSA) is 26.3 Å². The Balaban J connectivity index is 1.78. The van der Waals surface area contributed by atoms with Gasteiger partial charge in [0.25, 0.3) is 0 Å². The van der Waals surface area contributed by atoms with Crippen molar-refractivity contribution in [1.29, 1.82) is 0 Å². The highest BCUT2D eigenvalue weighted by Gasteiger charge is 2.35. The Morgan fingerprint density at radius 2 is 2.25 bits per heavy atom. The fourth-order valence-electron chi connectivity index (χ4n) is 1.99. The van der Waals surface area contributed by atoms with Gasteiger partial charge in [0.1, 0.15) is 17.8 Å². The summed E-state index contributed by atoms with van der Waals surface area (Å²) in [6, 6.07) is 7.20. The number of benzene rings is 1. The van der Waals surface area contributed by atoms with Gasteiger partial charge in [0.15, 0.2) is 0 Å². The fourth-order valence-corrected chi connectivity index (χ4v) is 1.99. The van der Waals surface area contributed by atoms with Crippen LogP contribution in [0.1, 0.15) is 16.8 Å². The lowest BCUT2D eigenvalue weighted by Crippen LogP contribution is -1.97. The summed E-state index contributed by atoms with van der Waals surface area (Å²) in [6.45, 7) is 0. The lowest BCUT2D eigenvalue weighted by molar-refractivity contribution is 0.112. The molecule has 2 aliphatic carbocycles. The number of carbonyl (C=O) groups excluding carboxylic acids is 1. The van der Waals surface area contributed by atoms with E-state index in [0.29, 0.717) is 11.5 Å². The van der Waals surface area contributed by atoms with Gasteiger partial charge in [-0.1, -0.05) is 18.2 Å². The minimum absolute atomic E-state index is 0.641. The molecule has 1 aromatic rings. The Morgan fingerprint density at radius 3 is 3.06 bits per heavy atom. The van der Waals surface area contributed by atoms with E-state index in [1.54, 1.807) is 12.1 Å². The van der Waals surface area contributed by atoms with E-state index in [4.69, 9.17) is 4.74 Å². The molecule has 0 spiro atoms. The molecule has 0 aliphatic heterocycles. The van der Waals surface area contributed by atoms with Crippen LogP contribution in [-0.2, 0) is 0 Å². The number of ether oxygens (including phenoxy) is 1. The molecular formula is C14H12O2. The van der Waals surface area contributed by atoms with E-state index in [-0.39, 0.29) is 0 Å². The third-order valence-electron chi connectivity index (χ3n) is 3.01. The molecule has 0 amide bonds. The maximum Gasteiger partial charge on any atom is 0.150 e. The van der Waals surface area contributed by atoms with Gasteiger partial charge in [0, 0.05) is 5.56 Å². The average molecular weight is 212 g/mol. The Morgan fingerprint density at radius 1 is 1.31 bits per heavy atom. The second-order valence-electron chi connectivity index (χ2n) is 4.28. The smallest absolute Gasteiger partial charge is 0.150 e. The van der Waals surface area contributed by atoms with Gasteiger partial charge in [-0.15, -0.1) is 0 Å². The number of carbonyl (C=O) groups is 1. The Hall–Kier alpha value is -1.83. The number of hydrogen-bond acceptors (Lipinski definition) is 2. The van der Waals surface area contributed by atoms with Crippen molar-refractivity contribution in [2.75, 3.05) is 0 Å². The fraction of sp³-hybridized carbons (Fsp3) is 0.214. The van der Waals surface area contributed by atoms with Crippen molar-refractivity contribution in [1.82, 2.24) is 0 Å². The first-order valence-electron chi connectivity index (χ1n) is 5.48. The number of fused-ring (bicyclic) bond motifs is 1. The molecule has 0 radical (unpaired) electrons. The molecule has 1 saturated carbocycles. The summed E-state index contributed by atoms with van der Waals surface area (Å²) in [5, 5.41) is 0. The van der Waals surface area contributed by atoms with Crippen LogP contribution >= 0.6 is 0 Å².